The van der Waals surface area contributed by atoms with E-state index in [0.29, 0.717) is 24.8 Å². The molecule has 0 radical (unpaired) electrons. The molecule has 0 aromatic carbocycles. The molecule has 4 rings (SSSR count). The van der Waals surface area contributed by atoms with Gasteiger partial charge in [0.2, 0.25) is 0 Å². The van der Waals surface area contributed by atoms with Crippen molar-refractivity contribution in [2.75, 3.05) is 19.8 Å². The zero-order valence-electron chi connectivity index (χ0n) is 25.5. The second-order valence-electron chi connectivity index (χ2n) is 12.4. The molecule has 0 bridgehead atoms. The average molecular weight is 591 g/mol. The summed E-state index contributed by atoms with van der Waals surface area (Å²) < 4.78 is 35.2. The van der Waals surface area contributed by atoms with Crippen LogP contribution in [-0.2, 0) is 52.4 Å². The molecular weight excluding hydrogens is 548 g/mol. The van der Waals surface area contributed by atoms with Gasteiger partial charge in [0.1, 0.15) is 37.1 Å². The zero-order valence-corrected chi connectivity index (χ0v) is 25.5. The normalized spacial score (nSPS) is 37.2. The van der Waals surface area contributed by atoms with Gasteiger partial charge in [-0.2, -0.15) is 0 Å². The molecule has 2 heterocycles. The minimum absolute atomic E-state index is 0.0642. The molecular formula is C31H42O11. The van der Waals surface area contributed by atoms with Crippen molar-refractivity contribution in [1.82, 2.24) is 0 Å². The van der Waals surface area contributed by atoms with E-state index in [1.54, 1.807) is 19.9 Å². The van der Waals surface area contributed by atoms with E-state index in [9.17, 15) is 24.0 Å². The van der Waals surface area contributed by atoms with Gasteiger partial charge in [-0.3, -0.25) is 14.4 Å². The minimum Gasteiger partial charge on any atom is -0.462 e. The summed E-state index contributed by atoms with van der Waals surface area (Å²) in [6, 6.07) is 0. The Morgan fingerprint density at radius 1 is 1.00 bits per heavy atom. The lowest BCUT2D eigenvalue weighted by molar-refractivity contribution is -0.275. The molecule has 0 N–H and O–H groups in total. The van der Waals surface area contributed by atoms with Crippen LogP contribution < -0.4 is 0 Å². The van der Waals surface area contributed by atoms with Crippen molar-refractivity contribution in [3.05, 3.63) is 23.3 Å². The van der Waals surface area contributed by atoms with Crippen molar-refractivity contribution < 1.29 is 52.4 Å². The van der Waals surface area contributed by atoms with Gasteiger partial charge < -0.3 is 28.4 Å². The molecule has 1 spiro atoms. The zero-order chi connectivity index (χ0) is 31.0. The molecule has 8 atom stereocenters. The largest absolute Gasteiger partial charge is 0.462 e. The van der Waals surface area contributed by atoms with E-state index in [1.165, 1.54) is 26.8 Å². The number of epoxide rings is 1. The average Bonchev–Trinajstić information content (AvgIpc) is 3.60. The highest BCUT2D eigenvalue weighted by Crippen LogP contribution is 2.70. The lowest BCUT2D eigenvalue weighted by atomic mass is 9.41. The Bertz CT molecular complexity index is 1200. The standard InChI is InChI=1S/C31H42O11/c1-8-17(2)28(36)38-15-30-24(41-20(5)33)11-18(3)29(7,10-9-22-12-26(35)37-14-22)27(30)23(40-19(4)32)13-25(42-21(6)34)31(30)16-39-31/h8,12,18,23-25,27H,9-11,13-16H2,1-7H3/b17-8+/t18-,23+,24+,25+,27-,29-,30+,31+/m0/s1. The van der Waals surface area contributed by atoms with Crippen LogP contribution in [-0.4, -0.2) is 73.6 Å². The molecule has 0 aromatic heterocycles. The SMILES string of the molecule is C/C=C(\C)C(=O)OC[C@@]12[C@H](OC(C)=O)C[C@H](C)[C@](C)(CCC3=CC(=O)OC3)[C@@H]1[C@H](OC(C)=O)C[C@@H](OC(C)=O)[C@]21CO1. The minimum atomic E-state index is -1.24. The molecule has 2 saturated carbocycles. The van der Waals surface area contributed by atoms with Crippen LogP contribution in [0.3, 0.4) is 0 Å². The van der Waals surface area contributed by atoms with E-state index in [4.69, 9.17) is 28.4 Å². The first kappa shape index (κ1) is 31.7. The molecule has 3 fully saturated rings. The molecule has 0 aromatic rings. The Balaban J connectivity index is 1.91. The van der Waals surface area contributed by atoms with Crippen molar-refractivity contribution in [2.24, 2.45) is 22.7 Å². The fraction of sp³-hybridized carbons (Fsp3) is 0.710. The Morgan fingerprint density at radius 3 is 2.14 bits per heavy atom. The highest BCUT2D eigenvalue weighted by atomic mass is 16.6. The van der Waals surface area contributed by atoms with Crippen LogP contribution in [0, 0.1) is 22.7 Å². The quantitative estimate of drug-likeness (QED) is 0.169. The van der Waals surface area contributed by atoms with Gasteiger partial charge in [0.05, 0.1) is 12.0 Å². The summed E-state index contributed by atoms with van der Waals surface area (Å²) in [6.45, 7) is 11.6. The number of rotatable bonds is 9. The molecule has 11 nitrogen and oxygen atoms in total. The van der Waals surface area contributed by atoms with Crippen molar-refractivity contribution >= 4 is 29.8 Å². The summed E-state index contributed by atoms with van der Waals surface area (Å²) in [4.78, 5) is 62.3. The van der Waals surface area contributed by atoms with Crippen molar-refractivity contribution in [3.63, 3.8) is 0 Å². The van der Waals surface area contributed by atoms with E-state index in [2.05, 4.69) is 13.8 Å². The van der Waals surface area contributed by atoms with Crippen LogP contribution in [0.1, 0.15) is 74.1 Å². The topological polar surface area (TPSA) is 144 Å². The van der Waals surface area contributed by atoms with Crippen LogP contribution in [0.5, 0.6) is 0 Å². The summed E-state index contributed by atoms with van der Waals surface area (Å²) in [6.07, 6.45) is 2.36. The smallest absolute Gasteiger partial charge is 0.333 e. The molecule has 2 aliphatic carbocycles. The third-order valence-electron chi connectivity index (χ3n) is 9.95. The number of fused-ring (bicyclic) bond motifs is 2. The maximum absolute atomic E-state index is 13.1. The molecule has 0 amide bonds. The molecule has 2 aliphatic heterocycles. The van der Waals surface area contributed by atoms with Crippen LogP contribution in [0.25, 0.3) is 0 Å². The van der Waals surface area contributed by atoms with Gasteiger partial charge in [-0.05, 0) is 50.0 Å². The van der Waals surface area contributed by atoms with Gasteiger partial charge in [-0.15, -0.1) is 0 Å². The van der Waals surface area contributed by atoms with Gasteiger partial charge in [-0.1, -0.05) is 19.9 Å². The molecule has 0 unspecified atom stereocenters. The van der Waals surface area contributed by atoms with Crippen LogP contribution in [0.4, 0.5) is 0 Å². The first-order valence-electron chi connectivity index (χ1n) is 14.5. The van der Waals surface area contributed by atoms with Crippen molar-refractivity contribution in [1.29, 1.82) is 0 Å². The first-order valence-corrected chi connectivity index (χ1v) is 14.5. The van der Waals surface area contributed by atoms with Crippen LogP contribution >= 0.6 is 0 Å². The summed E-state index contributed by atoms with van der Waals surface area (Å²) in [5, 5.41) is 0. The number of ether oxygens (including phenoxy) is 6. The first-order chi connectivity index (χ1) is 19.7. The number of carbonyl (C=O) groups excluding carboxylic acids is 5. The highest BCUT2D eigenvalue weighted by Gasteiger charge is 2.81. The monoisotopic (exact) mass is 590 g/mol. The Labute approximate surface area is 246 Å². The van der Waals surface area contributed by atoms with Crippen LogP contribution in [0.15, 0.2) is 23.3 Å². The number of carbonyl (C=O) groups is 5. The van der Waals surface area contributed by atoms with E-state index in [1.807, 2.05) is 0 Å². The molecule has 1 saturated heterocycles. The summed E-state index contributed by atoms with van der Waals surface area (Å²) in [5.74, 6) is -3.13. The van der Waals surface area contributed by atoms with E-state index in [-0.39, 0.29) is 38.1 Å². The van der Waals surface area contributed by atoms with Crippen molar-refractivity contribution in [2.45, 2.75) is 98.1 Å². The third kappa shape index (κ3) is 5.59. The van der Waals surface area contributed by atoms with Gasteiger partial charge in [0.15, 0.2) is 0 Å². The number of hydrogen-bond acceptors (Lipinski definition) is 11. The fourth-order valence-electron chi connectivity index (χ4n) is 7.70. The predicted octanol–water partition coefficient (Wildman–Crippen LogP) is 3.38. The Kier molecular flexibility index (Phi) is 8.92. The summed E-state index contributed by atoms with van der Waals surface area (Å²) >= 11 is 0. The van der Waals surface area contributed by atoms with E-state index >= 15 is 0 Å². The highest BCUT2D eigenvalue weighted by molar-refractivity contribution is 5.87. The van der Waals surface area contributed by atoms with Crippen molar-refractivity contribution in [3.8, 4) is 0 Å². The predicted molar refractivity (Wildman–Crippen MR) is 146 cm³/mol. The van der Waals surface area contributed by atoms with Gasteiger partial charge >= 0.3 is 29.8 Å². The molecule has 232 valence electrons. The molecule has 42 heavy (non-hydrogen) atoms. The maximum atomic E-state index is 13.1. The second kappa shape index (κ2) is 11.8. The van der Waals surface area contributed by atoms with Gasteiger partial charge in [0.25, 0.3) is 0 Å². The number of allylic oxidation sites excluding steroid dienone is 1. The molecule has 4 aliphatic rings. The lowest BCUT2D eigenvalue weighted by Gasteiger charge is -2.65. The van der Waals surface area contributed by atoms with E-state index in [0.717, 1.165) is 5.57 Å². The number of cyclic esters (lactones) is 1. The maximum Gasteiger partial charge on any atom is 0.333 e. The lowest BCUT2D eigenvalue weighted by Crippen LogP contribution is -2.74. The summed E-state index contributed by atoms with van der Waals surface area (Å²) in [7, 11) is 0. The van der Waals surface area contributed by atoms with Crippen LogP contribution in [0.2, 0.25) is 0 Å². The number of esters is 5. The number of hydrogen-bond donors (Lipinski definition) is 0. The fourth-order valence-corrected chi connectivity index (χ4v) is 7.70. The second-order valence-corrected chi connectivity index (χ2v) is 12.4. The van der Waals surface area contributed by atoms with Gasteiger partial charge in [-0.25, -0.2) is 9.59 Å². The van der Waals surface area contributed by atoms with Gasteiger partial charge in [0, 0.05) is 44.8 Å². The summed E-state index contributed by atoms with van der Waals surface area (Å²) in [5.41, 5.74) is -1.74. The van der Waals surface area contributed by atoms with E-state index < -0.39 is 64.5 Å². The Hall–Kier alpha value is -3.21. The Morgan fingerprint density at radius 2 is 1.62 bits per heavy atom. The molecule has 11 heteroatoms. The third-order valence-corrected chi connectivity index (χ3v) is 9.95.